The Labute approximate surface area is 138 Å². The maximum atomic E-state index is 13.8. The molecule has 1 aromatic heterocycles. The molecule has 1 amide bonds. The van der Waals surface area contributed by atoms with Crippen molar-refractivity contribution in [3.05, 3.63) is 30.1 Å². The number of thioether (sulfide) groups is 1. The fourth-order valence-electron chi connectivity index (χ4n) is 2.06. The van der Waals surface area contributed by atoms with Crippen molar-refractivity contribution in [3.8, 4) is 11.4 Å². The Kier molecular flexibility index (Phi) is 6.12. The quantitative estimate of drug-likeness (QED) is 0.781. The highest BCUT2D eigenvalue weighted by molar-refractivity contribution is 7.99. The first-order chi connectivity index (χ1) is 11.0. The van der Waals surface area contributed by atoms with Crippen LogP contribution < -0.4 is 5.32 Å². The molecule has 0 aliphatic rings. The van der Waals surface area contributed by atoms with Crippen LogP contribution in [-0.2, 0) is 16.6 Å². The van der Waals surface area contributed by atoms with E-state index in [1.807, 2.05) is 6.92 Å². The number of hydrogen-bond acceptors (Lipinski definition) is 5. The minimum atomic E-state index is -0.356. The highest BCUT2D eigenvalue weighted by Crippen LogP contribution is 2.24. The number of carbonyl (C=O) groups excluding carboxylic acids is 1. The van der Waals surface area contributed by atoms with E-state index in [0.717, 1.165) is 0 Å². The van der Waals surface area contributed by atoms with Crippen molar-refractivity contribution in [2.75, 3.05) is 19.5 Å². The van der Waals surface area contributed by atoms with Crippen LogP contribution in [0.3, 0.4) is 0 Å². The molecule has 1 N–H and O–H groups in total. The summed E-state index contributed by atoms with van der Waals surface area (Å²) in [5.74, 6) is 0.163. The number of methoxy groups -OCH3 is 1. The average molecular weight is 338 g/mol. The van der Waals surface area contributed by atoms with Crippen LogP contribution in [0.4, 0.5) is 4.39 Å². The molecule has 0 spiro atoms. The third kappa shape index (κ3) is 4.52. The van der Waals surface area contributed by atoms with E-state index < -0.39 is 0 Å². The van der Waals surface area contributed by atoms with Crippen molar-refractivity contribution in [3.63, 3.8) is 0 Å². The smallest absolute Gasteiger partial charge is 0.230 e. The third-order valence-electron chi connectivity index (χ3n) is 3.11. The van der Waals surface area contributed by atoms with Gasteiger partial charge in [0.05, 0.1) is 17.9 Å². The van der Waals surface area contributed by atoms with Crippen LogP contribution in [0.2, 0.25) is 0 Å². The van der Waals surface area contributed by atoms with Crippen LogP contribution in [-0.4, -0.2) is 46.2 Å². The van der Waals surface area contributed by atoms with Gasteiger partial charge in [0.2, 0.25) is 5.91 Å². The Morgan fingerprint density at radius 2 is 2.17 bits per heavy atom. The van der Waals surface area contributed by atoms with E-state index in [0.29, 0.717) is 23.2 Å². The molecular formula is C15H19FN4O2S. The molecule has 8 heteroatoms. The number of rotatable bonds is 7. The van der Waals surface area contributed by atoms with Crippen LogP contribution in [0.25, 0.3) is 11.4 Å². The van der Waals surface area contributed by atoms with Crippen molar-refractivity contribution in [1.29, 1.82) is 0 Å². The summed E-state index contributed by atoms with van der Waals surface area (Å²) in [5.41, 5.74) is 0.382. The number of benzene rings is 1. The van der Waals surface area contributed by atoms with Gasteiger partial charge in [0.15, 0.2) is 11.0 Å². The zero-order valence-electron chi connectivity index (χ0n) is 13.2. The topological polar surface area (TPSA) is 69.0 Å². The lowest BCUT2D eigenvalue weighted by molar-refractivity contribution is -0.119. The summed E-state index contributed by atoms with van der Waals surface area (Å²) in [6.07, 6.45) is 0. The summed E-state index contributed by atoms with van der Waals surface area (Å²) in [5, 5.41) is 11.4. The molecule has 2 rings (SSSR count). The predicted octanol–water partition coefficient (Wildman–Crippen LogP) is 1.86. The molecular weight excluding hydrogens is 319 g/mol. The van der Waals surface area contributed by atoms with Gasteiger partial charge in [-0.25, -0.2) is 4.39 Å². The fraction of sp³-hybridized carbons (Fsp3) is 0.400. The molecule has 124 valence electrons. The van der Waals surface area contributed by atoms with Gasteiger partial charge in [-0.1, -0.05) is 23.9 Å². The lowest BCUT2D eigenvalue weighted by atomic mass is 10.2. The van der Waals surface area contributed by atoms with E-state index in [-0.39, 0.29) is 23.5 Å². The third-order valence-corrected chi connectivity index (χ3v) is 4.13. The second-order valence-corrected chi connectivity index (χ2v) is 6.00. The van der Waals surface area contributed by atoms with Crippen molar-refractivity contribution in [1.82, 2.24) is 20.1 Å². The van der Waals surface area contributed by atoms with Gasteiger partial charge in [-0.15, -0.1) is 10.2 Å². The second kappa shape index (κ2) is 8.07. The van der Waals surface area contributed by atoms with Crippen LogP contribution in [0, 0.1) is 5.82 Å². The van der Waals surface area contributed by atoms with Crippen LogP contribution in [0.5, 0.6) is 0 Å². The molecule has 0 aliphatic carbocycles. The molecule has 1 atom stereocenters. The fourth-order valence-corrected chi connectivity index (χ4v) is 2.78. The molecule has 0 saturated heterocycles. The minimum Gasteiger partial charge on any atom is -0.383 e. The Balaban J connectivity index is 2.00. The molecule has 0 bridgehead atoms. The van der Waals surface area contributed by atoms with Crippen LogP contribution in [0.15, 0.2) is 29.4 Å². The monoisotopic (exact) mass is 338 g/mol. The first kappa shape index (κ1) is 17.4. The van der Waals surface area contributed by atoms with Gasteiger partial charge in [0.1, 0.15) is 5.82 Å². The molecule has 2 aromatic rings. The zero-order chi connectivity index (χ0) is 16.8. The Morgan fingerprint density at radius 1 is 1.43 bits per heavy atom. The second-order valence-electron chi connectivity index (χ2n) is 5.06. The molecule has 23 heavy (non-hydrogen) atoms. The molecule has 0 fully saturated rings. The molecule has 1 aromatic carbocycles. The summed E-state index contributed by atoms with van der Waals surface area (Å²) in [6, 6.07) is 6.33. The van der Waals surface area contributed by atoms with Gasteiger partial charge in [-0.05, 0) is 19.1 Å². The molecule has 1 unspecified atom stereocenters. The number of aromatic nitrogens is 3. The van der Waals surface area contributed by atoms with Gasteiger partial charge in [-0.2, -0.15) is 0 Å². The van der Waals surface area contributed by atoms with E-state index in [9.17, 15) is 9.18 Å². The lowest BCUT2D eigenvalue weighted by Gasteiger charge is -2.12. The van der Waals surface area contributed by atoms with Crippen LogP contribution in [0.1, 0.15) is 6.92 Å². The predicted molar refractivity (Wildman–Crippen MR) is 86.6 cm³/mol. The molecule has 0 saturated carbocycles. The van der Waals surface area contributed by atoms with E-state index in [4.69, 9.17) is 4.74 Å². The normalized spacial score (nSPS) is 12.2. The minimum absolute atomic E-state index is 0.0541. The van der Waals surface area contributed by atoms with Gasteiger partial charge < -0.3 is 14.6 Å². The van der Waals surface area contributed by atoms with E-state index in [1.54, 1.807) is 36.9 Å². The average Bonchev–Trinajstić information content (AvgIpc) is 2.87. The summed E-state index contributed by atoms with van der Waals surface area (Å²) in [4.78, 5) is 11.8. The summed E-state index contributed by atoms with van der Waals surface area (Å²) in [7, 11) is 3.33. The number of amides is 1. The maximum Gasteiger partial charge on any atom is 0.230 e. The number of ether oxygens (including phenoxy) is 1. The number of hydrogen-bond donors (Lipinski definition) is 1. The van der Waals surface area contributed by atoms with Crippen molar-refractivity contribution < 1.29 is 13.9 Å². The first-order valence-corrected chi connectivity index (χ1v) is 8.07. The van der Waals surface area contributed by atoms with Crippen molar-refractivity contribution in [2.24, 2.45) is 7.05 Å². The standard InChI is InChI=1S/C15H19FN4O2S/c1-10(8-22-3)17-13(21)9-23-15-19-18-14(20(15)2)11-6-4-5-7-12(11)16/h4-7,10H,8-9H2,1-3H3,(H,17,21). The Morgan fingerprint density at radius 3 is 2.87 bits per heavy atom. The number of carbonyl (C=O) groups is 1. The molecule has 6 nitrogen and oxygen atoms in total. The number of nitrogens with one attached hydrogen (secondary N) is 1. The van der Waals surface area contributed by atoms with E-state index >= 15 is 0 Å². The molecule has 1 heterocycles. The number of halogens is 1. The van der Waals surface area contributed by atoms with Crippen LogP contribution >= 0.6 is 11.8 Å². The van der Waals surface area contributed by atoms with Crippen molar-refractivity contribution >= 4 is 17.7 Å². The SMILES string of the molecule is COCC(C)NC(=O)CSc1nnc(-c2ccccc2F)n1C. The summed E-state index contributed by atoms with van der Waals surface area (Å²) in [6.45, 7) is 2.32. The highest BCUT2D eigenvalue weighted by atomic mass is 32.2. The Hall–Kier alpha value is -1.93. The highest BCUT2D eigenvalue weighted by Gasteiger charge is 2.15. The Bertz CT molecular complexity index is 677. The maximum absolute atomic E-state index is 13.8. The van der Waals surface area contributed by atoms with E-state index in [1.165, 1.54) is 17.8 Å². The molecule has 0 radical (unpaired) electrons. The van der Waals surface area contributed by atoms with Crippen molar-refractivity contribution in [2.45, 2.75) is 18.1 Å². The number of nitrogens with zero attached hydrogens (tertiary/aromatic N) is 3. The van der Waals surface area contributed by atoms with Gasteiger partial charge in [0, 0.05) is 20.2 Å². The van der Waals surface area contributed by atoms with Gasteiger partial charge in [-0.3, -0.25) is 4.79 Å². The lowest BCUT2D eigenvalue weighted by Crippen LogP contribution is -2.36. The van der Waals surface area contributed by atoms with E-state index in [2.05, 4.69) is 15.5 Å². The zero-order valence-corrected chi connectivity index (χ0v) is 14.1. The molecule has 0 aliphatic heterocycles. The van der Waals surface area contributed by atoms with Gasteiger partial charge >= 0.3 is 0 Å². The largest absolute Gasteiger partial charge is 0.383 e. The summed E-state index contributed by atoms with van der Waals surface area (Å²) >= 11 is 1.25. The summed E-state index contributed by atoms with van der Waals surface area (Å²) < 4.78 is 20.5. The van der Waals surface area contributed by atoms with Gasteiger partial charge in [0.25, 0.3) is 0 Å². The first-order valence-electron chi connectivity index (χ1n) is 7.08.